The van der Waals surface area contributed by atoms with Crippen LogP contribution in [0, 0.1) is 5.92 Å². The molecule has 8 heteroatoms. The van der Waals surface area contributed by atoms with Gasteiger partial charge in [-0.3, -0.25) is 4.90 Å². The zero-order valence-electron chi connectivity index (χ0n) is 19.3. The maximum absolute atomic E-state index is 5.28. The Morgan fingerprint density at radius 1 is 0.844 bits per heavy atom. The van der Waals surface area contributed by atoms with Crippen molar-refractivity contribution in [2.24, 2.45) is 5.92 Å². The largest absolute Gasteiger partial charge is 0.497 e. The molecule has 1 aromatic heterocycles. The number of nitrogens with zero attached hydrogens (tertiary/aromatic N) is 6. The van der Waals surface area contributed by atoms with Gasteiger partial charge in [0.25, 0.3) is 0 Å². The van der Waals surface area contributed by atoms with Crippen molar-refractivity contribution in [1.82, 2.24) is 25.1 Å². The Hall–Kier alpha value is -3.13. The summed E-state index contributed by atoms with van der Waals surface area (Å²) in [5, 5.41) is 12.8. The van der Waals surface area contributed by atoms with Gasteiger partial charge < -0.3 is 14.4 Å². The first kappa shape index (κ1) is 22.1. The van der Waals surface area contributed by atoms with Crippen molar-refractivity contribution in [3.8, 4) is 11.5 Å². The molecule has 3 aromatic rings. The molecule has 1 aliphatic rings. The van der Waals surface area contributed by atoms with Gasteiger partial charge in [0, 0.05) is 31.9 Å². The van der Waals surface area contributed by atoms with Gasteiger partial charge >= 0.3 is 0 Å². The first-order valence-corrected chi connectivity index (χ1v) is 11.1. The van der Waals surface area contributed by atoms with Crippen molar-refractivity contribution in [3.63, 3.8) is 0 Å². The van der Waals surface area contributed by atoms with E-state index in [4.69, 9.17) is 9.47 Å². The summed E-state index contributed by atoms with van der Waals surface area (Å²) in [6, 6.07) is 16.5. The number of tetrazole rings is 1. The third kappa shape index (κ3) is 4.85. The molecule has 1 aliphatic heterocycles. The summed E-state index contributed by atoms with van der Waals surface area (Å²) in [5.41, 5.74) is 2.38. The fourth-order valence-electron chi connectivity index (χ4n) is 4.37. The van der Waals surface area contributed by atoms with E-state index in [1.54, 1.807) is 14.2 Å². The Balaban J connectivity index is 1.46. The van der Waals surface area contributed by atoms with Crippen molar-refractivity contribution < 1.29 is 9.47 Å². The number of anilines is 1. The fraction of sp³-hybridized carbons (Fsp3) is 0.458. The molecule has 0 spiro atoms. The SMILES string of the molecule is COc1ccc(Cn2nnnc2C(C(C)C)N2CCN(c3ccc(OC)cc3)CC2)cc1. The molecule has 0 bridgehead atoms. The number of methoxy groups -OCH3 is 2. The number of hydrogen-bond donors (Lipinski definition) is 0. The number of ether oxygens (including phenoxy) is 2. The molecule has 1 atom stereocenters. The average Bonchev–Trinajstić information content (AvgIpc) is 3.27. The van der Waals surface area contributed by atoms with Crippen molar-refractivity contribution in [1.29, 1.82) is 0 Å². The molecule has 1 saturated heterocycles. The molecule has 0 amide bonds. The second-order valence-electron chi connectivity index (χ2n) is 8.45. The highest BCUT2D eigenvalue weighted by Gasteiger charge is 2.31. The van der Waals surface area contributed by atoms with Crippen molar-refractivity contribution in [2.45, 2.75) is 26.4 Å². The maximum atomic E-state index is 5.28. The molecule has 170 valence electrons. The minimum absolute atomic E-state index is 0.168. The van der Waals surface area contributed by atoms with Gasteiger partial charge in [-0.2, -0.15) is 0 Å². The van der Waals surface area contributed by atoms with Crippen LogP contribution in [0.1, 0.15) is 31.3 Å². The molecule has 0 N–H and O–H groups in total. The van der Waals surface area contributed by atoms with Gasteiger partial charge in [-0.25, -0.2) is 4.68 Å². The molecule has 32 heavy (non-hydrogen) atoms. The number of piperazine rings is 1. The second-order valence-corrected chi connectivity index (χ2v) is 8.45. The molecule has 2 heterocycles. The van der Waals surface area contributed by atoms with Crippen LogP contribution in [0.3, 0.4) is 0 Å². The molecule has 8 nitrogen and oxygen atoms in total. The molecule has 0 saturated carbocycles. The summed E-state index contributed by atoms with van der Waals surface area (Å²) in [6.07, 6.45) is 0. The van der Waals surface area contributed by atoms with Crippen LogP contribution in [-0.2, 0) is 6.54 Å². The predicted molar refractivity (Wildman–Crippen MR) is 124 cm³/mol. The van der Waals surface area contributed by atoms with Gasteiger partial charge in [-0.15, -0.1) is 5.10 Å². The minimum Gasteiger partial charge on any atom is -0.497 e. The predicted octanol–water partition coefficient (Wildman–Crippen LogP) is 3.26. The lowest BCUT2D eigenvalue weighted by Crippen LogP contribution is -2.49. The van der Waals surface area contributed by atoms with Crippen LogP contribution < -0.4 is 14.4 Å². The number of hydrogen-bond acceptors (Lipinski definition) is 7. The molecule has 1 unspecified atom stereocenters. The van der Waals surface area contributed by atoms with Crippen LogP contribution in [0.4, 0.5) is 5.69 Å². The fourth-order valence-corrected chi connectivity index (χ4v) is 4.37. The molecule has 2 aromatic carbocycles. The summed E-state index contributed by atoms with van der Waals surface area (Å²) in [7, 11) is 3.37. The average molecular weight is 437 g/mol. The summed E-state index contributed by atoms with van der Waals surface area (Å²) in [4.78, 5) is 4.94. The van der Waals surface area contributed by atoms with Gasteiger partial charge in [0.2, 0.25) is 0 Å². The van der Waals surface area contributed by atoms with Crippen LogP contribution in [-0.4, -0.2) is 65.5 Å². The van der Waals surface area contributed by atoms with E-state index in [2.05, 4.69) is 63.4 Å². The molecule has 1 fully saturated rings. The van der Waals surface area contributed by atoms with Crippen LogP contribution in [0.15, 0.2) is 48.5 Å². The standard InChI is InChI=1S/C24H32N6O2/c1-18(2)23(24-25-26-27-30(24)17-19-5-9-21(31-3)10-6-19)29-15-13-28(14-16-29)20-7-11-22(32-4)12-8-20/h5-12,18,23H,13-17H2,1-4H3. The molecule has 4 rings (SSSR count). The van der Waals surface area contributed by atoms with E-state index >= 15 is 0 Å². The molecule has 0 aliphatic carbocycles. The quantitative estimate of drug-likeness (QED) is 0.537. The Morgan fingerprint density at radius 2 is 1.44 bits per heavy atom. The molecule has 0 radical (unpaired) electrons. The topological polar surface area (TPSA) is 68.5 Å². The Morgan fingerprint density at radius 3 is 2.00 bits per heavy atom. The molecular formula is C24H32N6O2. The lowest BCUT2D eigenvalue weighted by Gasteiger charge is -2.41. The number of rotatable bonds is 8. The van der Waals surface area contributed by atoms with Crippen LogP contribution in [0.25, 0.3) is 0 Å². The lowest BCUT2D eigenvalue weighted by molar-refractivity contribution is 0.135. The van der Waals surface area contributed by atoms with E-state index in [0.717, 1.165) is 49.1 Å². The van der Waals surface area contributed by atoms with Crippen LogP contribution >= 0.6 is 0 Å². The third-order valence-corrected chi connectivity index (χ3v) is 6.09. The lowest BCUT2D eigenvalue weighted by atomic mass is 10.0. The van der Waals surface area contributed by atoms with E-state index < -0.39 is 0 Å². The summed E-state index contributed by atoms with van der Waals surface area (Å²) < 4.78 is 12.5. The van der Waals surface area contributed by atoms with Gasteiger partial charge in [-0.05, 0) is 58.3 Å². The highest BCUT2D eigenvalue weighted by Crippen LogP contribution is 2.29. The zero-order chi connectivity index (χ0) is 22.5. The monoisotopic (exact) mass is 436 g/mol. The van der Waals surface area contributed by atoms with E-state index in [9.17, 15) is 0 Å². The summed E-state index contributed by atoms with van der Waals surface area (Å²) in [5.74, 6) is 3.05. The summed E-state index contributed by atoms with van der Waals surface area (Å²) >= 11 is 0. The highest BCUT2D eigenvalue weighted by atomic mass is 16.5. The smallest absolute Gasteiger partial charge is 0.169 e. The van der Waals surface area contributed by atoms with Crippen LogP contribution in [0.2, 0.25) is 0 Å². The van der Waals surface area contributed by atoms with Crippen LogP contribution in [0.5, 0.6) is 11.5 Å². The Labute approximate surface area is 189 Å². The van der Waals surface area contributed by atoms with E-state index in [-0.39, 0.29) is 6.04 Å². The zero-order valence-corrected chi connectivity index (χ0v) is 19.3. The van der Waals surface area contributed by atoms with Gasteiger partial charge in [0.15, 0.2) is 5.82 Å². The number of benzene rings is 2. The first-order valence-electron chi connectivity index (χ1n) is 11.1. The van der Waals surface area contributed by atoms with E-state index in [1.807, 2.05) is 28.9 Å². The maximum Gasteiger partial charge on any atom is 0.169 e. The Kier molecular flexibility index (Phi) is 6.90. The van der Waals surface area contributed by atoms with E-state index in [0.29, 0.717) is 12.5 Å². The van der Waals surface area contributed by atoms with Crippen molar-refractivity contribution in [2.75, 3.05) is 45.3 Å². The third-order valence-electron chi connectivity index (χ3n) is 6.09. The van der Waals surface area contributed by atoms with Gasteiger partial charge in [0.1, 0.15) is 11.5 Å². The Bertz CT molecular complexity index is 978. The molecular weight excluding hydrogens is 404 g/mol. The second kappa shape index (κ2) is 9.99. The highest BCUT2D eigenvalue weighted by molar-refractivity contribution is 5.49. The van der Waals surface area contributed by atoms with Gasteiger partial charge in [-0.1, -0.05) is 26.0 Å². The normalized spacial score (nSPS) is 15.7. The van der Waals surface area contributed by atoms with Gasteiger partial charge in [0.05, 0.1) is 26.8 Å². The first-order chi connectivity index (χ1) is 15.6. The van der Waals surface area contributed by atoms with Crippen molar-refractivity contribution >= 4 is 5.69 Å². The van der Waals surface area contributed by atoms with E-state index in [1.165, 1.54) is 5.69 Å². The van der Waals surface area contributed by atoms with Crippen molar-refractivity contribution in [3.05, 3.63) is 59.9 Å². The number of aromatic nitrogens is 4. The minimum atomic E-state index is 0.168. The summed E-state index contributed by atoms with van der Waals surface area (Å²) in [6.45, 7) is 8.99.